The van der Waals surface area contributed by atoms with Gasteiger partial charge in [-0.05, 0) is 80.2 Å². The fraction of sp³-hybridized carbons (Fsp3) is 0.464. The zero-order valence-corrected chi connectivity index (χ0v) is 20.1. The summed E-state index contributed by atoms with van der Waals surface area (Å²) in [4.78, 5) is 19.3. The van der Waals surface area contributed by atoms with E-state index in [1.807, 2.05) is 0 Å². The lowest BCUT2D eigenvalue weighted by Crippen LogP contribution is -2.49. The number of hydrogen-bond donors (Lipinski definition) is 0. The first-order chi connectivity index (χ1) is 16.4. The summed E-state index contributed by atoms with van der Waals surface area (Å²) in [5, 5.41) is 0. The molecule has 2 fully saturated rings. The molecule has 0 saturated carbocycles. The van der Waals surface area contributed by atoms with Gasteiger partial charge in [-0.3, -0.25) is 9.69 Å². The van der Waals surface area contributed by atoms with Gasteiger partial charge in [-0.15, -0.1) is 0 Å². The second kappa shape index (κ2) is 11.2. The van der Waals surface area contributed by atoms with Crippen LogP contribution in [-0.4, -0.2) is 73.0 Å². The van der Waals surface area contributed by atoms with Gasteiger partial charge in [0.2, 0.25) is 5.91 Å². The molecule has 6 heteroatoms. The normalized spacial score (nSPS) is 19.6. The Hall–Kier alpha value is -2.57. The SMILES string of the molecule is CC1(c2ccccc2)CCN(CCCN2CCN(C(=O)/C=C/c3cc(F)cc(F)c3)CC2)CC1. The van der Waals surface area contributed by atoms with Crippen LogP contribution in [0.2, 0.25) is 0 Å². The molecule has 2 aliphatic heterocycles. The summed E-state index contributed by atoms with van der Waals surface area (Å²) in [5.74, 6) is -1.40. The second-order valence-electron chi connectivity index (χ2n) is 9.82. The Bertz CT molecular complexity index is 958. The van der Waals surface area contributed by atoms with Gasteiger partial charge in [-0.2, -0.15) is 0 Å². The van der Waals surface area contributed by atoms with E-state index in [4.69, 9.17) is 0 Å². The van der Waals surface area contributed by atoms with E-state index >= 15 is 0 Å². The van der Waals surface area contributed by atoms with E-state index < -0.39 is 11.6 Å². The summed E-state index contributed by atoms with van der Waals surface area (Å²) in [6, 6.07) is 14.2. The maximum atomic E-state index is 13.3. The minimum atomic E-state index is -0.643. The van der Waals surface area contributed by atoms with Crippen LogP contribution in [0.4, 0.5) is 8.78 Å². The van der Waals surface area contributed by atoms with Crippen molar-refractivity contribution in [2.75, 3.05) is 52.4 Å². The van der Waals surface area contributed by atoms with Gasteiger partial charge in [0.05, 0.1) is 0 Å². The van der Waals surface area contributed by atoms with Crippen LogP contribution in [0, 0.1) is 11.6 Å². The molecule has 2 aromatic rings. The van der Waals surface area contributed by atoms with E-state index in [-0.39, 0.29) is 11.3 Å². The Morgan fingerprint density at radius 1 is 0.882 bits per heavy atom. The van der Waals surface area contributed by atoms with Crippen molar-refractivity contribution in [3.05, 3.63) is 77.4 Å². The number of carbonyl (C=O) groups is 1. The molecule has 4 nitrogen and oxygen atoms in total. The molecule has 0 radical (unpaired) electrons. The summed E-state index contributed by atoms with van der Waals surface area (Å²) < 4.78 is 26.6. The van der Waals surface area contributed by atoms with Crippen molar-refractivity contribution in [3.8, 4) is 0 Å². The van der Waals surface area contributed by atoms with Crippen molar-refractivity contribution in [2.45, 2.75) is 31.6 Å². The van der Waals surface area contributed by atoms with Crippen LogP contribution in [0.15, 0.2) is 54.6 Å². The van der Waals surface area contributed by atoms with Crippen LogP contribution in [0.3, 0.4) is 0 Å². The molecular formula is C28H35F2N3O. The first-order valence-corrected chi connectivity index (χ1v) is 12.3. The third-order valence-electron chi connectivity index (χ3n) is 7.37. The van der Waals surface area contributed by atoms with Crippen molar-refractivity contribution in [2.24, 2.45) is 0 Å². The fourth-order valence-corrected chi connectivity index (χ4v) is 5.05. The summed E-state index contributed by atoms with van der Waals surface area (Å²) >= 11 is 0. The van der Waals surface area contributed by atoms with Crippen LogP contribution >= 0.6 is 0 Å². The van der Waals surface area contributed by atoms with Crippen molar-refractivity contribution in [1.82, 2.24) is 14.7 Å². The number of nitrogens with zero attached hydrogens (tertiary/aromatic N) is 3. The van der Waals surface area contributed by atoms with Crippen LogP contribution in [0.5, 0.6) is 0 Å². The molecule has 0 N–H and O–H groups in total. The molecule has 2 aliphatic rings. The minimum Gasteiger partial charge on any atom is -0.337 e. The quantitative estimate of drug-likeness (QED) is 0.559. The maximum absolute atomic E-state index is 13.3. The molecule has 0 atom stereocenters. The van der Waals surface area contributed by atoms with E-state index in [0.717, 1.165) is 51.8 Å². The molecule has 0 aliphatic carbocycles. The number of hydrogen-bond acceptors (Lipinski definition) is 3. The lowest BCUT2D eigenvalue weighted by molar-refractivity contribution is -0.127. The molecule has 4 rings (SSSR count). The van der Waals surface area contributed by atoms with Crippen molar-refractivity contribution in [3.63, 3.8) is 0 Å². The van der Waals surface area contributed by atoms with E-state index in [1.54, 1.807) is 4.90 Å². The zero-order valence-electron chi connectivity index (χ0n) is 20.1. The van der Waals surface area contributed by atoms with Gasteiger partial charge in [0.25, 0.3) is 0 Å². The first-order valence-electron chi connectivity index (χ1n) is 12.3. The van der Waals surface area contributed by atoms with Gasteiger partial charge in [0.1, 0.15) is 11.6 Å². The number of piperidine rings is 1. The molecule has 182 valence electrons. The van der Waals surface area contributed by atoms with Gasteiger partial charge >= 0.3 is 0 Å². The van der Waals surface area contributed by atoms with Crippen LogP contribution in [-0.2, 0) is 10.2 Å². The Balaban J connectivity index is 1.14. The predicted molar refractivity (Wildman–Crippen MR) is 132 cm³/mol. The third kappa shape index (κ3) is 6.51. The highest BCUT2D eigenvalue weighted by atomic mass is 19.1. The lowest BCUT2D eigenvalue weighted by atomic mass is 9.74. The van der Waals surface area contributed by atoms with E-state index in [1.165, 1.54) is 42.7 Å². The highest BCUT2D eigenvalue weighted by Gasteiger charge is 2.31. The number of carbonyl (C=O) groups excluding carboxylic acids is 1. The highest BCUT2D eigenvalue weighted by molar-refractivity contribution is 5.91. The molecule has 34 heavy (non-hydrogen) atoms. The predicted octanol–water partition coefficient (Wildman–Crippen LogP) is 4.57. The topological polar surface area (TPSA) is 26.8 Å². The highest BCUT2D eigenvalue weighted by Crippen LogP contribution is 2.34. The first kappa shape index (κ1) is 24.6. The number of rotatable bonds is 7. The molecule has 0 bridgehead atoms. The van der Waals surface area contributed by atoms with Crippen molar-refractivity contribution in [1.29, 1.82) is 0 Å². The van der Waals surface area contributed by atoms with Gasteiger partial charge in [0, 0.05) is 38.3 Å². The number of piperazine rings is 1. The van der Waals surface area contributed by atoms with Crippen molar-refractivity contribution < 1.29 is 13.6 Å². The summed E-state index contributed by atoms with van der Waals surface area (Å²) in [6.45, 7) is 9.94. The Labute approximate surface area is 201 Å². The Kier molecular flexibility index (Phi) is 8.11. The maximum Gasteiger partial charge on any atom is 0.246 e. The average molecular weight is 468 g/mol. The number of likely N-dealkylation sites (tertiary alicyclic amines) is 1. The van der Waals surface area contributed by atoms with Crippen LogP contribution in [0.25, 0.3) is 6.08 Å². The van der Waals surface area contributed by atoms with E-state index in [0.29, 0.717) is 18.7 Å². The van der Waals surface area contributed by atoms with Gasteiger partial charge < -0.3 is 9.80 Å². The lowest BCUT2D eigenvalue weighted by Gasteiger charge is -2.40. The largest absolute Gasteiger partial charge is 0.337 e. The monoisotopic (exact) mass is 467 g/mol. The van der Waals surface area contributed by atoms with Crippen LogP contribution in [0.1, 0.15) is 37.3 Å². The fourth-order valence-electron chi connectivity index (χ4n) is 5.05. The molecule has 0 aromatic heterocycles. The smallest absolute Gasteiger partial charge is 0.246 e. The Morgan fingerprint density at radius 3 is 2.09 bits per heavy atom. The number of amides is 1. The van der Waals surface area contributed by atoms with Crippen molar-refractivity contribution >= 4 is 12.0 Å². The Morgan fingerprint density at radius 2 is 1.47 bits per heavy atom. The van der Waals surface area contributed by atoms with E-state index in [2.05, 4.69) is 47.1 Å². The van der Waals surface area contributed by atoms with Gasteiger partial charge in [0.15, 0.2) is 0 Å². The summed E-state index contributed by atoms with van der Waals surface area (Å²) in [6.07, 6.45) is 6.42. The number of benzene rings is 2. The molecule has 0 unspecified atom stereocenters. The standard InChI is InChI=1S/C28H35F2N3O/c1-28(24-6-3-2-4-7-24)10-14-31(15-11-28)12-5-13-32-16-18-33(19-17-32)27(34)9-8-23-20-25(29)22-26(30)21-23/h2-4,6-9,20-22H,5,10-19H2,1H3/b9-8+. The molecule has 1 amide bonds. The van der Waals surface area contributed by atoms with Gasteiger partial charge in [-0.25, -0.2) is 8.78 Å². The zero-order chi connectivity index (χ0) is 24.0. The summed E-state index contributed by atoms with van der Waals surface area (Å²) in [5.41, 5.74) is 2.10. The summed E-state index contributed by atoms with van der Waals surface area (Å²) in [7, 11) is 0. The second-order valence-corrected chi connectivity index (χ2v) is 9.82. The molecule has 2 saturated heterocycles. The number of halogens is 2. The molecular weight excluding hydrogens is 432 g/mol. The van der Waals surface area contributed by atoms with Gasteiger partial charge in [-0.1, -0.05) is 37.3 Å². The average Bonchev–Trinajstić information content (AvgIpc) is 2.84. The molecule has 0 spiro atoms. The molecule has 2 heterocycles. The molecule has 2 aromatic carbocycles. The third-order valence-corrected chi connectivity index (χ3v) is 7.37. The minimum absolute atomic E-state index is 0.112. The van der Waals surface area contributed by atoms with E-state index in [9.17, 15) is 13.6 Å². The van der Waals surface area contributed by atoms with Crippen LogP contribution < -0.4 is 0 Å².